The van der Waals surface area contributed by atoms with Crippen LogP contribution in [-0.4, -0.2) is 34.9 Å². The molecule has 158 valence electrons. The van der Waals surface area contributed by atoms with Gasteiger partial charge in [-0.25, -0.2) is 4.98 Å². The Morgan fingerprint density at radius 2 is 1.81 bits per heavy atom. The van der Waals surface area contributed by atoms with Crippen LogP contribution in [0.3, 0.4) is 0 Å². The number of rotatable bonds is 4. The van der Waals surface area contributed by atoms with Crippen LogP contribution in [0.2, 0.25) is 0 Å². The minimum atomic E-state index is -4.40. The fourth-order valence-electron chi connectivity index (χ4n) is 2.99. The van der Waals surface area contributed by atoms with Gasteiger partial charge in [0.2, 0.25) is 5.91 Å². The SMILES string of the molecule is Cc1ccc2nc(-c3ccc(N=NC4=C(O)CC(=O)NC4=O)cc3)sc2c1S(=O)(=O)O. The average molecular weight is 458 g/mol. The third kappa shape index (κ3) is 4.08. The molecule has 2 amide bonds. The summed E-state index contributed by atoms with van der Waals surface area (Å²) in [6.07, 6.45) is -0.346. The predicted octanol–water partition coefficient (Wildman–Crippen LogP) is 3.42. The van der Waals surface area contributed by atoms with Crippen LogP contribution in [0.5, 0.6) is 0 Å². The van der Waals surface area contributed by atoms with Crippen LogP contribution in [0.1, 0.15) is 12.0 Å². The first-order valence-electron chi connectivity index (χ1n) is 8.79. The van der Waals surface area contributed by atoms with E-state index >= 15 is 0 Å². The zero-order valence-corrected chi connectivity index (χ0v) is 17.5. The van der Waals surface area contributed by atoms with Crippen molar-refractivity contribution in [2.45, 2.75) is 18.2 Å². The number of aliphatic hydroxyl groups is 1. The highest BCUT2D eigenvalue weighted by Gasteiger charge is 2.25. The van der Waals surface area contributed by atoms with Crippen LogP contribution in [-0.2, 0) is 19.7 Å². The van der Waals surface area contributed by atoms with Crippen LogP contribution < -0.4 is 5.32 Å². The number of aryl methyl sites for hydroxylation is 1. The molecule has 0 bridgehead atoms. The van der Waals surface area contributed by atoms with Crippen LogP contribution in [0.15, 0.2) is 63.0 Å². The molecule has 3 aromatic rings. The van der Waals surface area contributed by atoms with E-state index in [1.54, 1.807) is 43.3 Å². The van der Waals surface area contributed by atoms with Crippen molar-refractivity contribution in [3.05, 3.63) is 53.4 Å². The van der Waals surface area contributed by atoms with E-state index in [2.05, 4.69) is 15.2 Å². The molecule has 1 aliphatic rings. The maximum Gasteiger partial charge on any atom is 0.296 e. The first-order valence-corrected chi connectivity index (χ1v) is 11.1. The van der Waals surface area contributed by atoms with Gasteiger partial charge in [0.05, 0.1) is 22.3 Å². The molecular weight excluding hydrogens is 444 g/mol. The average Bonchev–Trinajstić information content (AvgIpc) is 3.10. The fourth-order valence-corrected chi connectivity index (χ4v) is 5.31. The summed E-state index contributed by atoms with van der Waals surface area (Å²) in [5.74, 6) is -1.89. The molecule has 12 heteroatoms. The van der Waals surface area contributed by atoms with E-state index in [-0.39, 0.29) is 17.0 Å². The van der Waals surface area contributed by atoms with Gasteiger partial charge in [-0.05, 0) is 42.8 Å². The second-order valence-electron chi connectivity index (χ2n) is 6.65. The number of hydrogen-bond acceptors (Lipinski definition) is 9. The van der Waals surface area contributed by atoms with Crippen molar-refractivity contribution in [3.63, 3.8) is 0 Å². The Morgan fingerprint density at radius 1 is 1.10 bits per heavy atom. The number of imide groups is 1. The van der Waals surface area contributed by atoms with Crippen LogP contribution >= 0.6 is 11.3 Å². The lowest BCUT2D eigenvalue weighted by Gasteiger charge is -2.11. The number of hydrogen-bond donors (Lipinski definition) is 3. The highest BCUT2D eigenvalue weighted by atomic mass is 32.2. The fraction of sp³-hybridized carbons (Fsp3) is 0.105. The topological polar surface area (TPSA) is 158 Å². The Hall–Kier alpha value is -3.48. The molecule has 31 heavy (non-hydrogen) atoms. The number of nitrogens with one attached hydrogen (secondary N) is 1. The summed E-state index contributed by atoms with van der Waals surface area (Å²) in [6.45, 7) is 1.59. The summed E-state index contributed by atoms with van der Waals surface area (Å²) in [5, 5.41) is 19.9. The molecular formula is C19H14N4O6S2. The minimum Gasteiger partial charge on any atom is -0.509 e. The number of aliphatic hydroxyl groups excluding tert-OH is 1. The number of aromatic nitrogens is 1. The molecule has 4 rings (SSSR count). The molecule has 3 N–H and O–H groups in total. The molecule has 0 radical (unpaired) electrons. The summed E-state index contributed by atoms with van der Waals surface area (Å²) in [6, 6.07) is 9.84. The van der Waals surface area contributed by atoms with Gasteiger partial charge in [0.1, 0.15) is 15.7 Å². The van der Waals surface area contributed by atoms with Gasteiger partial charge in [0, 0.05) is 5.56 Å². The number of carbonyl (C=O) groups is 2. The zero-order chi connectivity index (χ0) is 22.3. The maximum atomic E-state index is 11.8. The Labute approximate surface area is 179 Å². The summed E-state index contributed by atoms with van der Waals surface area (Å²) < 4.78 is 33.5. The first-order chi connectivity index (χ1) is 14.6. The van der Waals surface area contributed by atoms with Gasteiger partial charge in [-0.15, -0.1) is 16.5 Å². The van der Waals surface area contributed by atoms with E-state index in [0.29, 0.717) is 32.0 Å². The lowest BCUT2D eigenvalue weighted by Crippen LogP contribution is -2.36. The van der Waals surface area contributed by atoms with E-state index in [9.17, 15) is 27.7 Å². The van der Waals surface area contributed by atoms with Crippen molar-refractivity contribution in [1.29, 1.82) is 0 Å². The third-order valence-corrected chi connectivity index (χ3v) is 6.72. The lowest BCUT2D eigenvalue weighted by molar-refractivity contribution is -0.129. The quantitative estimate of drug-likeness (QED) is 0.307. The number of fused-ring (bicyclic) bond motifs is 1. The smallest absolute Gasteiger partial charge is 0.296 e. The summed E-state index contributed by atoms with van der Waals surface area (Å²) >= 11 is 1.13. The van der Waals surface area contributed by atoms with Crippen molar-refractivity contribution in [2.24, 2.45) is 10.2 Å². The molecule has 0 saturated carbocycles. The van der Waals surface area contributed by atoms with Gasteiger partial charge in [0.25, 0.3) is 16.0 Å². The van der Waals surface area contributed by atoms with Crippen LogP contribution in [0, 0.1) is 6.92 Å². The Kier molecular flexibility index (Phi) is 5.13. The molecule has 0 aliphatic carbocycles. The van der Waals surface area contributed by atoms with E-state index in [1.165, 1.54) is 0 Å². The Bertz CT molecular complexity index is 1410. The van der Waals surface area contributed by atoms with Gasteiger partial charge in [-0.1, -0.05) is 6.07 Å². The Balaban J connectivity index is 1.65. The molecule has 0 fully saturated rings. The number of amides is 2. The van der Waals surface area contributed by atoms with E-state index in [4.69, 9.17) is 0 Å². The molecule has 0 saturated heterocycles. The number of benzene rings is 2. The summed E-state index contributed by atoms with van der Waals surface area (Å²) in [7, 11) is -4.40. The maximum absolute atomic E-state index is 11.8. The van der Waals surface area contributed by atoms with Gasteiger partial charge in [-0.3, -0.25) is 19.5 Å². The number of nitrogens with zero attached hydrogens (tertiary/aromatic N) is 3. The highest BCUT2D eigenvalue weighted by molar-refractivity contribution is 7.86. The van der Waals surface area contributed by atoms with Crippen molar-refractivity contribution in [1.82, 2.24) is 10.3 Å². The van der Waals surface area contributed by atoms with E-state index < -0.39 is 27.7 Å². The minimum absolute atomic E-state index is 0.156. The molecule has 0 spiro atoms. The number of carbonyl (C=O) groups excluding carboxylic acids is 2. The normalized spacial score (nSPS) is 15.2. The Morgan fingerprint density at radius 3 is 2.45 bits per heavy atom. The molecule has 1 aromatic heterocycles. The second kappa shape index (κ2) is 7.65. The zero-order valence-electron chi connectivity index (χ0n) is 15.9. The molecule has 1 aliphatic heterocycles. The molecule has 2 heterocycles. The van der Waals surface area contributed by atoms with Crippen LogP contribution in [0.4, 0.5) is 5.69 Å². The summed E-state index contributed by atoms with van der Waals surface area (Å²) in [4.78, 5) is 27.2. The first kappa shape index (κ1) is 20.8. The van der Waals surface area contributed by atoms with Gasteiger partial charge in [0.15, 0.2) is 5.70 Å². The molecule has 2 aromatic carbocycles. The summed E-state index contributed by atoms with van der Waals surface area (Å²) in [5.41, 5.74) is 1.60. The van der Waals surface area contributed by atoms with Crippen molar-refractivity contribution in [3.8, 4) is 10.6 Å². The number of azo groups is 1. The third-order valence-electron chi connectivity index (χ3n) is 4.42. The molecule has 0 atom stereocenters. The van der Waals surface area contributed by atoms with Crippen molar-refractivity contribution in [2.75, 3.05) is 0 Å². The van der Waals surface area contributed by atoms with Gasteiger partial charge in [-0.2, -0.15) is 13.5 Å². The molecule has 10 nitrogen and oxygen atoms in total. The highest BCUT2D eigenvalue weighted by Crippen LogP contribution is 2.36. The second-order valence-corrected chi connectivity index (χ2v) is 9.01. The van der Waals surface area contributed by atoms with E-state index in [0.717, 1.165) is 11.3 Å². The monoisotopic (exact) mass is 458 g/mol. The van der Waals surface area contributed by atoms with Crippen LogP contribution in [0.25, 0.3) is 20.8 Å². The van der Waals surface area contributed by atoms with Crippen molar-refractivity contribution < 1.29 is 27.7 Å². The molecule has 0 unspecified atom stereocenters. The standard InChI is InChI=1S/C19H14N4O6S2/c1-9-2-7-12-16(17(9)31(27,28)29)30-19(20-12)10-3-5-11(6-4-10)22-23-15-13(24)8-14(25)21-18(15)26/h2-7,24H,8H2,1H3,(H,21,25,26)(H,27,28,29). The largest absolute Gasteiger partial charge is 0.509 e. The lowest BCUT2D eigenvalue weighted by atomic mass is 10.2. The predicted molar refractivity (Wildman–Crippen MR) is 112 cm³/mol. The number of thiazole rings is 1. The van der Waals surface area contributed by atoms with E-state index in [1.807, 2.05) is 5.32 Å². The van der Waals surface area contributed by atoms with Crippen molar-refractivity contribution >= 4 is 49.2 Å². The van der Waals surface area contributed by atoms with Gasteiger partial charge >= 0.3 is 0 Å². The van der Waals surface area contributed by atoms with Gasteiger partial charge < -0.3 is 5.11 Å².